The number of hydrogen-bond acceptors (Lipinski definition) is 13. The summed E-state index contributed by atoms with van der Waals surface area (Å²) in [6.45, 7) is 4.09. The van der Waals surface area contributed by atoms with Gasteiger partial charge in [-0.25, -0.2) is 38.1 Å². The zero-order chi connectivity index (χ0) is 47.3. The highest BCUT2D eigenvalue weighted by Crippen LogP contribution is 2.40. The number of hydrogen-bond donors (Lipinski definition) is 3. The minimum atomic E-state index is -1.31. The molecule has 22 heteroatoms. The molecule has 0 unspecified atom stereocenters. The van der Waals surface area contributed by atoms with E-state index in [-0.39, 0.29) is 40.4 Å². The quantitative estimate of drug-likeness (QED) is 0.187. The Morgan fingerprint density at radius 2 is 1.15 bits per heavy atom. The van der Waals surface area contributed by atoms with Crippen molar-refractivity contribution < 1.29 is 33.0 Å². The number of aliphatic hydroxyl groups is 1. The number of halogens is 3. The number of rotatable bonds is 6. The molecule has 2 aromatic carbocycles. The summed E-state index contributed by atoms with van der Waals surface area (Å²) in [4.78, 5) is 51.1. The Kier molecular flexibility index (Phi) is 11.4. The lowest BCUT2D eigenvalue weighted by atomic mass is 10.1. The highest BCUT2D eigenvalue weighted by molar-refractivity contribution is 9.10. The number of fused-ring (bicyclic) bond motifs is 6. The number of aromatic nitrogens is 12. The molecule has 2 aliphatic heterocycles. The van der Waals surface area contributed by atoms with Crippen LogP contribution in [0.25, 0.3) is 68.6 Å². The Hall–Kier alpha value is -8.16. The van der Waals surface area contributed by atoms with E-state index >= 15 is 0 Å². The molecule has 0 saturated heterocycles. The van der Waals surface area contributed by atoms with Gasteiger partial charge in [-0.15, -0.1) is 0 Å². The maximum Gasteiger partial charge on any atom is 0.269 e. The number of primary amides is 2. The maximum absolute atomic E-state index is 14.8. The second kappa shape index (κ2) is 17.3. The number of nitrogens with two attached hydrogens (primary N) is 2. The summed E-state index contributed by atoms with van der Waals surface area (Å²) in [7, 11) is 3.43. The van der Waals surface area contributed by atoms with Crippen LogP contribution in [0.2, 0.25) is 0 Å². The van der Waals surface area contributed by atoms with E-state index < -0.39 is 29.0 Å². The Labute approximate surface area is 387 Å². The molecule has 0 spiro atoms. The van der Waals surface area contributed by atoms with Gasteiger partial charge in [0, 0.05) is 62.1 Å². The van der Waals surface area contributed by atoms with Crippen LogP contribution in [0.4, 0.5) is 8.78 Å². The van der Waals surface area contributed by atoms with Crippen LogP contribution in [0.3, 0.4) is 0 Å². The summed E-state index contributed by atoms with van der Waals surface area (Å²) in [6.07, 6.45) is 6.57. The van der Waals surface area contributed by atoms with Crippen molar-refractivity contribution in [1.82, 2.24) is 58.6 Å². The van der Waals surface area contributed by atoms with Crippen LogP contribution in [-0.4, -0.2) is 94.3 Å². The molecule has 2 amide bonds. The minimum Gasteiger partial charge on any atom is -0.491 e. The highest BCUT2D eigenvalue weighted by atomic mass is 79.9. The highest BCUT2D eigenvalue weighted by Gasteiger charge is 2.32. The number of pyridine rings is 2. The third-order valence-electron chi connectivity index (χ3n) is 10.5. The molecule has 10 rings (SSSR count). The summed E-state index contributed by atoms with van der Waals surface area (Å²) >= 11 is 3.20. The van der Waals surface area contributed by atoms with Gasteiger partial charge in [0.15, 0.2) is 34.7 Å². The molecule has 0 atom stereocenters. The summed E-state index contributed by atoms with van der Waals surface area (Å²) in [5, 5.41) is 18.9. The molecule has 5 N–H and O–H groups in total. The molecule has 19 nitrogen and oxygen atoms in total. The SMILES string of the molecule is Cn1nc(-c2ccncc2)nc1-c1c(C(N)=O)nc2n1CCOc1cc(F)c(Br)cc1-2.Cn1nc(-c2ccncc2)nc1-c1c(C(N)=O)nc2n1CCOc1cc(F)c(C#CC(C)(C)O)cc1-2. The molecular formula is C45H37BrF2N14O5. The minimum absolute atomic E-state index is 0.00285. The van der Waals surface area contributed by atoms with Crippen LogP contribution in [0, 0.1) is 23.5 Å². The lowest BCUT2D eigenvalue weighted by Gasteiger charge is -2.09. The molecule has 0 radical (unpaired) electrons. The Bertz CT molecular complexity index is 3330. The van der Waals surface area contributed by atoms with Gasteiger partial charge >= 0.3 is 0 Å². The molecular weight excluding hydrogens is 934 g/mol. The molecule has 0 saturated carbocycles. The first-order valence-electron chi connectivity index (χ1n) is 20.3. The number of imidazole rings is 2. The van der Waals surface area contributed by atoms with Gasteiger partial charge in [0.1, 0.15) is 65.0 Å². The van der Waals surface area contributed by atoms with E-state index in [9.17, 15) is 23.5 Å². The summed E-state index contributed by atoms with van der Waals surface area (Å²) in [5.74, 6) is 5.87. The zero-order valence-electron chi connectivity index (χ0n) is 36.0. The van der Waals surface area contributed by atoms with E-state index in [1.165, 1.54) is 32.0 Å². The molecule has 0 fully saturated rings. The van der Waals surface area contributed by atoms with Gasteiger partial charge in [-0.2, -0.15) is 10.2 Å². The molecule has 6 aromatic heterocycles. The summed E-state index contributed by atoms with van der Waals surface area (Å²) < 4.78 is 47.3. The average molecular weight is 972 g/mol. The average Bonchev–Trinajstić information content (AvgIpc) is 4.03. The molecule has 8 aromatic rings. The predicted octanol–water partition coefficient (Wildman–Crippen LogP) is 4.96. The first kappa shape index (κ1) is 44.1. The van der Waals surface area contributed by atoms with E-state index in [0.717, 1.165) is 11.1 Å². The van der Waals surface area contributed by atoms with Gasteiger partial charge in [0.25, 0.3) is 11.8 Å². The number of amides is 2. The second-order valence-corrected chi connectivity index (χ2v) is 16.5. The van der Waals surface area contributed by atoms with Crippen molar-refractivity contribution in [2.75, 3.05) is 13.2 Å². The van der Waals surface area contributed by atoms with Crippen molar-refractivity contribution in [3.8, 4) is 91.9 Å². The van der Waals surface area contributed by atoms with Gasteiger partial charge in [-0.05, 0) is 66.2 Å². The van der Waals surface area contributed by atoms with Crippen LogP contribution in [-0.2, 0) is 27.2 Å². The fourth-order valence-corrected chi connectivity index (χ4v) is 7.80. The number of ether oxygens (including phenoxy) is 2. The van der Waals surface area contributed by atoms with Crippen LogP contribution in [0.1, 0.15) is 40.4 Å². The number of carbonyl (C=O) groups is 2. The van der Waals surface area contributed by atoms with Crippen molar-refractivity contribution in [3.63, 3.8) is 0 Å². The van der Waals surface area contributed by atoms with Crippen molar-refractivity contribution in [2.24, 2.45) is 25.6 Å². The fourth-order valence-electron chi connectivity index (χ4n) is 7.46. The van der Waals surface area contributed by atoms with Crippen LogP contribution >= 0.6 is 15.9 Å². The summed E-state index contributed by atoms with van der Waals surface area (Å²) in [6, 6.07) is 12.7. The van der Waals surface area contributed by atoms with Crippen molar-refractivity contribution in [3.05, 3.63) is 106 Å². The maximum atomic E-state index is 14.8. The molecule has 67 heavy (non-hydrogen) atoms. The standard InChI is InChI=1S/C25H22FN7O3.C20H15BrFN7O2/c1-25(2,35)7-4-15-12-16-18(13-17(15)26)36-11-10-33-20(19(21(27)34)29-23(16)33)24-30-22(31-32(24)3)14-5-8-28-9-6-14;1-28-20(26-18(27-28)10-2-4-24-5-3-10)16-15(17(23)30)25-19-11-8-12(21)13(22)9-14(11)31-7-6-29(16)19/h5-6,8-9,12-13,35H,10-11H2,1-3H3,(H2,27,34);2-5,8-9H,6-7H2,1H3,(H2,23,30). The second-order valence-electron chi connectivity index (χ2n) is 15.6. The van der Waals surface area contributed by atoms with Gasteiger partial charge in [0.05, 0.1) is 34.3 Å². The predicted molar refractivity (Wildman–Crippen MR) is 241 cm³/mol. The zero-order valence-corrected chi connectivity index (χ0v) is 37.6. The molecule has 8 heterocycles. The third-order valence-corrected chi connectivity index (χ3v) is 11.1. The summed E-state index contributed by atoms with van der Waals surface area (Å²) in [5.41, 5.74) is 13.5. The van der Waals surface area contributed by atoms with Crippen molar-refractivity contribution >= 4 is 27.7 Å². The first-order chi connectivity index (χ1) is 32.1. The van der Waals surface area contributed by atoms with E-state index in [1.54, 1.807) is 87.7 Å². The largest absolute Gasteiger partial charge is 0.491 e. The van der Waals surface area contributed by atoms with E-state index in [1.807, 2.05) is 0 Å². The van der Waals surface area contributed by atoms with Gasteiger partial charge < -0.3 is 35.2 Å². The van der Waals surface area contributed by atoms with Crippen molar-refractivity contribution in [1.29, 1.82) is 0 Å². The normalized spacial score (nSPS) is 12.6. The van der Waals surface area contributed by atoms with Gasteiger partial charge in [-0.1, -0.05) is 11.8 Å². The molecule has 0 bridgehead atoms. The van der Waals surface area contributed by atoms with Crippen LogP contribution < -0.4 is 20.9 Å². The number of benzene rings is 2. The lowest BCUT2D eigenvalue weighted by Crippen LogP contribution is -2.16. The number of aryl methyl sites for hydroxylation is 2. The Morgan fingerprint density at radius 1 is 0.701 bits per heavy atom. The molecule has 0 aliphatic carbocycles. The fraction of sp³-hybridized carbons (Fsp3) is 0.200. The van der Waals surface area contributed by atoms with Gasteiger partial charge in [-0.3, -0.25) is 19.6 Å². The van der Waals surface area contributed by atoms with E-state index in [4.69, 9.17) is 20.9 Å². The van der Waals surface area contributed by atoms with Crippen LogP contribution in [0.5, 0.6) is 11.5 Å². The Balaban J connectivity index is 0.000000170. The lowest BCUT2D eigenvalue weighted by molar-refractivity contribution is 0.0988. The van der Waals surface area contributed by atoms with Crippen LogP contribution in [0.15, 0.2) is 77.8 Å². The Morgan fingerprint density at radius 3 is 1.60 bits per heavy atom. The topological polar surface area (TPSA) is 248 Å². The van der Waals surface area contributed by atoms with E-state index in [0.29, 0.717) is 76.3 Å². The number of carbonyl (C=O) groups excluding carboxylic acids is 2. The van der Waals surface area contributed by atoms with Gasteiger partial charge in [0.2, 0.25) is 0 Å². The monoisotopic (exact) mass is 970 g/mol. The molecule has 2 aliphatic rings. The van der Waals surface area contributed by atoms with E-state index in [2.05, 4.69) is 67.9 Å². The molecule has 338 valence electrons. The first-order valence-corrected chi connectivity index (χ1v) is 21.1. The third kappa shape index (κ3) is 8.48. The number of nitrogens with zero attached hydrogens (tertiary/aromatic N) is 12. The smallest absolute Gasteiger partial charge is 0.269 e. The van der Waals surface area contributed by atoms with Crippen molar-refractivity contribution in [2.45, 2.75) is 32.5 Å².